The van der Waals surface area contributed by atoms with Gasteiger partial charge in [-0.25, -0.2) is 0 Å². The summed E-state index contributed by atoms with van der Waals surface area (Å²) < 4.78 is 3.20. The molecule has 5 heteroatoms. The van der Waals surface area contributed by atoms with Crippen LogP contribution in [0, 0.1) is 5.41 Å². The maximum absolute atomic E-state index is 4.42. The maximum atomic E-state index is 4.42. The highest BCUT2D eigenvalue weighted by Crippen LogP contribution is 2.60. The maximum Gasteiger partial charge on any atom is 0.143 e. The number of aryl methyl sites for hydroxylation is 1. The first-order valence-corrected chi connectivity index (χ1v) is 7.74. The highest BCUT2D eigenvalue weighted by Gasteiger charge is 2.60. The summed E-state index contributed by atoms with van der Waals surface area (Å²) in [5.41, 5.74) is 1.85. The molecule has 4 rings (SSSR count). The molecular weight excluding hydrogens is 316 g/mol. The van der Waals surface area contributed by atoms with Gasteiger partial charge in [-0.1, -0.05) is 28.1 Å². The largest absolute Gasteiger partial charge is 0.320 e. The molecule has 0 atom stereocenters. The predicted molar refractivity (Wildman–Crippen MR) is 80.5 cm³/mol. The fourth-order valence-corrected chi connectivity index (χ4v) is 4.35. The zero-order valence-corrected chi connectivity index (χ0v) is 13.0. The van der Waals surface area contributed by atoms with E-state index in [2.05, 4.69) is 60.3 Å². The van der Waals surface area contributed by atoms with E-state index in [4.69, 9.17) is 0 Å². The van der Waals surface area contributed by atoms with Crippen LogP contribution in [-0.2, 0) is 12.5 Å². The first kappa shape index (κ1) is 12.5. The van der Waals surface area contributed by atoms with Crippen LogP contribution < -0.4 is 5.32 Å². The second kappa shape index (κ2) is 4.15. The van der Waals surface area contributed by atoms with Crippen molar-refractivity contribution < 1.29 is 0 Å². The number of rotatable bonds is 2. The smallest absolute Gasteiger partial charge is 0.143 e. The highest BCUT2D eigenvalue weighted by molar-refractivity contribution is 9.10. The van der Waals surface area contributed by atoms with Crippen molar-refractivity contribution in [3.63, 3.8) is 0 Å². The van der Waals surface area contributed by atoms with Crippen LogP contribution in [0.2, 0.25) is 0 Å². The van der Waals surface area contributed by atoms with E-state index >= 15 is 0 Å². The third kappa shape index (κ3) is 1.63. The van der Waals surface area contributed by atoms with Gasteiger partial charge >= 0.3 is 0 Å². The van der Waals surface area contributed by atoms with Crippen LogP contribution in [0.15, 0.2) is 35.1 Å². The summed E-state index contributed by atoms with van der Waals surface area (Å²) in [5, 5.41) is 11.9. The minimum absolute atomic E-state index is 0.0249. The van der Waals surface area contributed by atoms with Crippen molar-refractivity contribution in [1.82, 2.24) is 20.1 Å². The lowest BCUT2D eigenvalue weighted by Gasteiger charge is -2.60. The van der Waals surface area contributed by atoms with Crippen LogP contribution >= 0.6 is 15.9 Å². The van der Waals surface area contributed by atoms with Gasteiger partial charge in [-0.05, 0) is 36.0 Å². The molecule has 1 N–H and O–H groups in total. The summed E-state index contributed by atoms with van der Waals surface area (Å²) >= 11 is 3.59. The van der Waals surface area contributed by atoms with Gasteiger partial charge in [0.15, 0.2) is 0 Å². The molecule has 0 unspecified atom stereocenters. The number of hydrogen-bond acceptors (Lipinski definition) is 3. The second-order valence-electron chi connectivity index (χ2n) is 6.32. The van der Waals surface area contributed by atoms with Crippen molar-refractivity contribution >= 4 is 15.9 Å². The SMILES string of the molecule is Cn1cnnc1C1(c2cccc(Br)c2)CC2(CNC2)C1. The summed E-state index contributed by atoms with van der Waals surface area (Å²) in [4.78, 5) is 0. The van der Waals surface area contributed by atoms with Gasteiger partial charge in [0.25, 0.3) is 0 Å². The fraction of sp³-hybridized carbons (Fsp3) is 0.467. The van der Waals surface area contributed by atoms with E-state index in [-0.39, 0.29) is 5.41 Å². The number of benzene rings is 1. The Hall–Kier alpha value is -1.20. The van der Waals surface area contributed by atoms with Crippen molar-refractivity contribution in [3.8, 4) is 0 Å². The Labute approximate surface area is 126 Å². The molecule has 2 aliphatic rings. The van der Waals surface area contributed by atoms with Crippen LogP contribution in [0.5, 0.6) is 0 Å². The molecular formula is C15H17BrN4. The molecule has 1 aliphatic carbocycles. The minimum Gasteiger partial charge on any atom is -0.320 e. The van der Waals surface area contributed by atoms with Crippen LogP contribution in [0.25, 0.3) is 0 Å². The van der Waals surface area contributed by atoms with E-state index in [1.54, 1.807) is 6.33 Å². The summed E-state index contributed by atoms with van der Waals surface area (Å²) in [7, 11) is 2.04. The topological polar surface area (TPSA) is 42.7 Å². The second-order valence-corrected chi connectivity index (χ2v) is 7.23. The van der Waals surface area contributed by atoms with Crippen LogP contribution in [0.4, 0.5) is 0 Å². The molecule has 2 heterocycles. The van der Waals surface area contributed by atoms with Gasteiger partial charge in [0.2, 0.25) is 0 Å². The van der Waals surface area contributed by atoms with E-state index in [1.165, 1.54) is 5.56 Å². The molecule has 0 bridgehead atoms. The zero-order chi connectivity index (χ0) is 13.8. The van der Waals surface area contributed by atoms with Crippen molar-refractivity contribution in [2.24, 2.45) is 12.5 Å². The molecule has 1 aliphatic heterocycles. The average molecular weight is 333 g/mol. The standard InChI is InChI=1S/C15H17BrN4/c1-20-10-18-19-13(20)15(6-14(7-15)8-17-9-14)11-3-2-4-12(16)5-11/h2-5,10,17H,6-9H2,1H3. The number of nitrogens with zero attached hydrogens (tertiary/aromatic N) is 3. The number of hydrogen-bond donors (Lipinski definition) is 1. The molecule has 2 aromatic rings. The molecule has 1 saturated heterocycles. The molecule has 1 spiro atoms. The Morgan fingerprint density at radius 3 is 2.65 bits per heavy atom. The van der Waals surface area contributed by atoms with E-state index < -0.39 is 0 Å². The van der Waals surface area contributed by atoms with Crippen molar-refractivity contribution in [1.29, 1.82) is 0 Å². The summed E-state index contributed by atoms with van der Waals surface area (Å²) in [6, 6.07) is 8.64. The summed E-state index contributed by atoms with van der Waals surface area (Å²) in [6.45, 7) is 2.28. The normalized spacial score (nSPS) is 22.3. The average Bonchev–Trinajstić information content (AvgIpc) is 2.74. The lowest BCUT2D eigenvalue weighted by molar-refractivity contribution is -0.0107. The third-order valence-corrected chi connectivity index (χ3v) is 5.36. The monoisotopic (exact) mass is 332 g/mol. The van der Waals surface area contributed by atoms with Gasteiger partial charge in [0, 0.05) is 24.6 Å². The molecule has 1 saturated carbocycles. The fourth-order valence-electron chi connectivity index (χ4n) is 3.95. The summed E-state index contributed by atoms with van der Waals surface area (Å²) in [5.74, 6) is 1.09. The molecule has 4 nitrogen and oxygen atoms in total. The first-order valence-electron chi connectivity index (χ1n) is 6.95. The molecule has 0 radical (unpaired) electrons. The minimum atomic E-state index is 0.0249. The van der Waals surface area contributed by atoms with Crippen LogP contribution in [0.1, 0.15) is 24.2 Å². The van der Waals surface area contributed by atoms with Gasteiger partial charge in [-0.2, -0.15) is 0 Å². The van der Waals surface area contributed by atoms with Crippen molar-refractivity contribution in [2.75, 3.05) is 13.1 Å². The van der Waals surface area contributed by atoms with Gasteiger partial charge < -0.3 is 9.88 Å². The van der Waals surface area contributed by atoms with Crippen LogP contribution in [0.3, 0.4) is 0 Å². The Bertz CT molecular complexity index is 651. The zero-order valence-electron chi connectivity index (χ0n) is 11.4. The molecule has 104 valence electrons. The van der Waals surface area contributed by atoms with E-state index in [0.717, 1.165) is 36.2 Å². The van der Waals surface area contributed by atoms with Crippen LogP contribution in [-0.4, -0.2) is 27.9 Å². The number of halogens is 1. The quantitative estimate of drug-likeness (QED) is 0.917. The molecule has 1 aromatic heterocycles. The van der Waals surface area contributed by atoms with Gasteiger partial charge in [-0.15, -0.1) is 10.2 Å². The van der Waals surface area contributed by atoms with Gasteiger partial charge in [0.1, 0.15) is 12.2 Å². The van der Waals surface area contributed by atoms with Crippen molar-refractivity contribution in [3.05, 3.63) is 46.5 Å². The van der Waals surface area contributed by atoms with E-state index in [0.29, 0.717) is 5.41 Å². The lowest BCUT2D eigenvalue weighted by atomic mass is 9.48. The number of aromatic nitrogens is 3. The molecule has 2 fully saturated rings. The predicted octanol–water partition coefficient (Wildman–Crippen LogP) is 2.25. The van der Waals surface area contributed by atoms with Gasteiger partial charge in [-0.3, -0.25) is 0 Å². The highest BCUT2D eigenvalue weighted by atomic mass is 79.9. The first-order chi connectivity index (χ1) is 9.64. The Balaban J connectivity index is 1.81. The number of nitrogens with one attached hydrogen (secondary N) is 1. The molecule has 0 amide bonds. The van der Waals surface area contributed by atoms with Crippen molar-refractivity contribution in [2.45, 2.75) is 18.3 Å². The lowest BCUT2D eigenvalue weighted by Crippen LogP contribution is -2.66. The molecule has 20 heavy (non-hydrogen) atoms. The Morgan fingerprint density at radius 2 is 2.10 bits per heavy atom. The molecule has 1 aromatic carbocycles. The third-order valence-electron chi connectivity index (χ3n) is 4.87. The van der Waals surface area contributed by atoms with E-state index in [1.807, 2.05) is 7.05 Å². The van der Waals surface area contributed by atoms with Gasteiger partial charge in [0.05, 0.1) is 5.41 Å². The summed E-state index contributed by atoms with van der Waals surface area (Å²) in [6.07, 6.45) is 4.13. The van der Waals surface area contributed by atoms with E-state index in [9.17, 15) is 0 Å². The Morgan fingerprint density at radius 1 is 1.30 bits per heavy atom. The Kier molecular flexibility index (Phi) is 2.60.